The molecule has 16 unspecified atom stereocenters. The molecule has 0 aliphatic heterocycles. The van der Waals surface area contributed by atoms with E-state index in [9.17, 15) is 9.59 Å². The van der Waals surface area contributed by atoms with Crippen LogP contribution >= 0.6 is 0 Å². The smallest absolute Gasteiger partial charge is 0.141 e. The fourth-order valence-electron chi connectivity index (χ4n) is 13.2. The minimum atomic E-state index is 0.177. The van der Waals surface area contributed by atoms with Crippen LogP contribution in [0.4, 0.5) is 0 Å². The molecule has 148 valence electrons. The van der Waals surface area contributed by atoms with Crippen LogP contribution in [0.25, 0.3) is 0 Å². The predicted molar refractivity (Wildman–Crippen MR) is 103 cm³/mol. The first-order chi connectivity index (χ1) is 13.7. The molecule has 0 aromatic rings. The topological polar surface area (TPSA) is 34.1 Å². The van der Waals surface area contributed by atoms with Gasteiger partial charge in [-0.25, -0.2) is 0 Å². The highest BCUT2D eigenvalue weighted by Crippen LogP contribution is 2.76. The van der Waals surface area contributed by atoms with Crippen LogP contribution in [-0.2, 0) is 9.59 Å². The van der Waals surface area contributed by atoms with Crippen molar-refractivity contribution in [2.45, 2.75) is 51.4 Å². The second-order valence-electron chi connectivity index (χ2n) is 13.0. The van der Waals surface area contributed by atoms with Crippen molar-refractivity contribution in [1.82, 2.24) is 0 Å². The predicted octanol–water partition coefficient (Wildman–Crippen LogP) is 4.23. The molecule has 0 amide bonds. The number of ketones is 2. The molecule has 0 aromatic heterocycles. The Kier molecular flexibility index (Phi) is 2.44. The molecule has 9 aliphatic rings. The number of rotatable bonds is 0. The van der Waals surface area contributed by atoms with Crippen molar-refractivity contribution in [3.63, 3.8) is 0 Å². The van der Waals surface area contributed by atoms with Gasteiger partial charge in [0.2, 0.25) is 0 Å². The third-order valence-electron chi connectivity index (χ3n) is 13.1. The van der Waals surface area contributed by atoms with E-state index in [1.165, 1.54) is 51.4 Å². The quantitative estimate of drug-likeness (QED) is 0.593. The van der Waals surface area contributed by atoms with Crippen LogP contribution in [0.5, 0.6) is 0 Å². The maximum atomic E-state index is 14.1. The standard InChI is InChI=1S/C26H32O2/c27-25-21-13-7-14(18-10-2-1-9(5-10)17(13)18)22(21)26(28)24-16-8-15(23(24)25)19-11-3-4-12(6-11)20(16)19/h9-24H,1-8H2. The van der Waals surface area contributed by atoms with Gasteiger partial charge in [0.25, 0.3) is 0 Å². The van der Waals surface area contributed by atoms with Crippen LogP contribution in [-0.4, -0.2) is 11.6 Å². The van der Waals surface area contributed by atoms with E-state index in [1.54, 1.807) is 0 Å². The van der Waals surface area contributed by atoms with Crippen molar-refractivity contribution in [3.8, 4) is 0 Å². The van der Waals surface area contributed by atoms with Crippen molar-refractivity contribution in [3.05, 3.63) is 0 Å². The number of hydrogen-bond acceptors (Lipinski definition) is 2. The molecule has 0 saturated heterocycles. The summed E-state index contributed by atoms with van der Waals surface area (Å²) in [6.45, 7) is 0. The normalized spacial score (nSPS) is 71.3. The fourth-order valence-corrected chi connectivity index (χ4v) is 13.2. The van der Waals surface area contributed by atoms with Gasteiger partial charge in [-0.2, -0.15) is 0 Å². The first-order valence-corrected chi connectivity index (χ1v) is 12.8. The SMILES string of the molecule is O=C1C2C3CC(C2C(=O)C2C4CC(C12)C1C2CCC(C2)C41)C1C2CCC(C2)C31. The summed E-state index contributed by atoms with van der Waals surface area (Å²) in [6.07, 6.45) is 11.1. The lowest BCUT2D eigenvalue weighted by atomic mass is 9.51. The molecule has 9 aliphatic carbocycles. The van der Waals surface area contributed by atoms with Gasteiger partial charge in [0, 0.05) is 23.7 Å². The second kappa shape index (κ2) is 4.50. The molecule has 8 bridgehead atoms. The first kappa shape index (κ1) is 15.2. The van der Waals surface area contributed by atoms with Crippen LogP contribution < -0.4 is 0 Å². The lowest BCUT2D eigenvalue weighted by Gasteiger charge is -2.51. The molecule has 0 aromatic carbocycles. The molecule has 9 saturated carbocycles. The molecule has 16 atom stereocenters. The maximum absolute atomic E-state index is 14.1. The van der Waals surface area contributed by atoms with Gasteiger partial charge in [-0.1, -0.05) is 0 Å². The fraction of sp³-hybridized carbons (Fsp3) is 0.923. The number of Topliss-reactive ketones (excluding diaryl/α,β-unsaturated/α-hetero) is 2. The highest BCUT2D eigenvalue weighted by molar-refractivity contribution is 6.01. The van der Waals surface area contributed by atoms with E-state index < -0.39 is 0 Å². The van der Waals surface area contributed by atoms with Gasteiger partial charge in [0.15, 0.2) is 0 Å². The van der Waals surface area contributed by atoms with E-state index in [1.807, 2.05) is 0 Å². The van der Waals surface area contributed by atoms with E-state index in [0.29, 0.717) is 35.2 Å². The summed E-state index contributed by atoms with van der Waals surface area (Å²) in [4.78, 5) is 28.1. The van der Waals surface area contributed by atoms with Crippen molar-refractivity contribution < 1.29 is 9.59 Å². The Labute approximate surface area is 167 Å². The summed E-state index contributed by atoms with van der Waals surface area (Å²) in [5.74, 6) is 11.5. The summed E-state index contributed by atoms with van der Waals surface area (Å²) in [7, 11) is 0. The molecule has 9 fully saturated rings. The summed E-state index contributed by atoms with van der Waals surface area (Å²) < 4.78 is 0. The third kappa shape index (κ3) is 1.35. The minimum absolute atomic E-state index is 0.177. The van der Waals surface area contributed by atoms with E-state index >= 15 is 0 Å². The van der Waals surface area contributed by atoms with Crippen LogP contribution in [0.15, 0.2) is 0 Å². The maximum Gasteiger partial charge on any atom is 0.141 e. The Morgan fingerprint density at radius 3 is 1.00 bits per heavy atom. The van der Waals surface area contributed by atoms with Gasteiger partial charge < -0.3 is 0 Å². The summed E-state index contributed by atoms with van der Waals surface area (Å²) in [5, 5.41) is 0. The largest absolute Gasteiger partial charge is 0.299 e. The third-order valence-corrected chi connectivity index (χ3v) is 13.1. The Balaban J connectivity index is 1.14. The summed E-state index contributed by atoms with van der Waals surface area (Å²) in [5.41, 5.74) is 0. The monoisotopic (exact) mass is 376 g/mol. The lowest BCUT2D eigenvalue weighted by molar-refractivity contribution is -0.159. The Bertz CT molecular complexity index is 702. The molecule has 2 nitrogen and oxygen atoms in total. The summed E-state index contributed by atoms with van der Waals surface area (Å²) >= 11 is 0. The first-order valence-electron chi connectivity index (χ1n) is 12.8. The molecule has 0 heterocycles. The van der Waals surface area contributed by atoms with E-state index in [4.69, 9.17) is 0 Å². The zero-order chi connectivity index (χ0) is 18.0. The van der Waals surface area contributed by atoms with Crippen LogP contribution in [0.1, 0.15) is 51.4 Å². The number of carbonyl (C=O) groups is 2. The van der Waals surface area contributed by atoms with E-state index in [2.05, 4.69) is 0 Å². The molecular formula is C26H32O2. The van der Waals surface area contributed by atoms with Crippen molar-refractivity contribution in [1.29, 1.82) is 0 Å². The van der Waals surface area contributed by atoms with E-state index in [0.717, 1.165) is 47.3 Å². The molecular weight excluding hydrogens is 344 g/mol. The zero-order valence-corrected chi connectivity index (χ0v) is 16.7. The summed E-state index contributed by atoms with van der Waals surface area (Å²) in [6, 6.07) is 0. The molecule has 2 heteroatoms. The number of hydrogen-bond donors (Lipinski definition) is 0. The highest BCUT2D eigenvalue weighted by atomic mass is 16.1. The molecule has 9 rings (SSSR count). The number of fused-ring (bicyclic) bond motifs is 24. The van der Waals surface area contributed by atoms with Crippen molar-refractivity contribution >= 4 is 11.6 Å². The molecule has 0 radical (unpaired) electrons. The Morgan fingerprint density at radius 1 is 0.429 bits per heavy atom. The van der Waals surface area contributed by atoms with Gasteiger partial charge in [0.05, 0.1) is 0 Å². The van der Waals surface area contributed by atoms with Crippen LogP contribution in [0, 0.1) is 94.7 Å². The van der Waals surface area contributed by atoms with Gasteiger partial charge in [-0.05, 0) is 122 Å². The van der Waals surface area contributed by atoms with Crippen molar-refractivity contribution in [2.24, 2.45) is 94.7 Å². The van der Waals surface area contributed by atoms with Gasteiger partial charge in [-0.3, -0.25) is 9.59 Å². The lowest BCUT2D eigenvalue weighted by Crippen LogP contribution is -2.57. The average Bonchev–Trinajstić information content (AvgIpc) is 3.55. The highest BCUT2D eigenvalue weighted by Gasteiger charge is 2.76. The average molecular weight is 377 g/mol. The van der Waals surface area contributed by atoms with Crippen LogP contribution in [0.3, 0.4) is 0 Å². The Morgan fingerprint density at radius 2 is 0.714 bits per heavy atom. The minimum Gasteiger partial charge on any atom is -0.299 e. The van der Waals surface area contributed by atoms with Gasteiger partial charge in [-0.15, -0.1) is 0 Å². The van der Waals surface area contributed by atoms with Gasteiger partial charge >= 0.3 is 0 Å². The van der Waals surface area contributed by atoms with E-state index in [-0.39, 0.29) is 23.7 Å². The second-order valence-corrected chi connectivity index (χ2v) is 13.0. The molecule has 0 N–H and O–H groups in total. The van der Waals surface area contributed by atoms with Crippen molar-refractivity contribution in [2.75, 3.05) is 0 Å². The Hall–Kier alpha value is -0.660. The zero-order valence-electron chi connectivity index (χ0n) is 16.7. The van der Waals surface area contributed by atoms with Gasteiger partial charge in [0.1, 0.15) is 11.6 Å². The van der Waals surface area contributed by atoms with Crippen LogP contribution in [0.2, 0.25) is 0 Å². The molecule has 0 spiro atoms. The number of carbonyl (C=O) groups excluding carboxylic acids is 2. The molecule has 28 heavy (non-hydrogen) atoms.